The van der Waals surface area contributed by atoms with E-state index in [4.69, 9.17) is 9.97 Å². The third-order valence-electron chi connectivity index (χ3n) is 11.8. The molecule has 4 nitrogen and oxygen atoms in total. The van der Waals surface area contributed by atoms with Gasteiger partial charge < -0.3 is 4.40 Å². The van der Waals surface area contributed by atoms with Crippen LogP contribution in [0.2, 0.25) is 0 Å². The molecule has 0 fully saturated rings. The second kappa shape index (κ2) is 10.2. The summed E-state index contributed by atoms with van der Waals surface area (Å²) in [6.45, 7) is 0. The van der Waals surface area contributed by atoms with Gasteiger partial charge in [0.15, 0.2) is 0 Å². The van der Waals surface area contributed by atoms with Crippen molar-refractivity contribution < 1.29 is 0 Å². The normalized spacial score (nSPS) is 12.4. The number of aromatic nitrogens is 4. The van der Waals surface area contributed by atoms with Gasteiger partial charge in [-0.05, 0) is 51.2 Å². The summed E-state index contributed by atoms with van der Waals surface area (Å²) >= 11 is 0. The molecule has 0 saturated carbocycles. The van der Waals surface area contributed by atoms with Crippen molar-refractivity contribution in [2.24, 2.45) is 0 Å². The average Bonchev–Trinajstić information content (AvgIpc) is 3.74. The highest BCUT2D eigenvalue weighted by Crippen LogP contribution is 2.48. The molecule has 0 saturated heterocycles. The second-order valence-electron chi connectivity index (χ2n) is 14.5. The molecule has 4 heteroatoms. The van der Waals surface area contributed by atoms with E-state index in [0.29, 0.717) is 5.95 Å². The van der Waals surface area contributed by atoms with E-state index in [1.54, 1.807) is 0 Å². The Balaban J connectivity index is 1.35. The molecule has 0 unspecified atom stereocenters. The van der Waals surface area contributed by atoms with Gasteiger partial charge in [0.2, 0.25) is 5.95 Å². The van der Waals surface area contributed by atoms with E-state index in [1.807, 2.05) is 0 Å². The van der Waals surface area contributed by atoms with E-state index in [0.717, 1.165) is 38.6 Å². The summed E-state index contributed by atoms with van der Waals surface area (Å²) in [6, 6.07) is 61.6. The van der Waals surface area contributed by atoms with E-state index in [2.05, 4.69) is 179 Å². The fraction of sp³-hybridized carbons (Fsp3) is 0. The number of para-hydroxylation sites is 2. The number of rotatable bonds is 2. The Morgan fingerprint density at radius 1 is 0.352 bits per heavy atom. The van der Waals surface area contributed by atoms with Crippen molar-refractivity contribution in [3.05, 3.63) is 170 Å². The number of hydrogen-bond donors (Lipinski definition) is 0. The highest BCUT2D eigenvalue weighted by Gasteiger charge is 2.27. The second-order valence-corrected chi connectivity index (χ2v) is 14.5. The smallest absolute Gasteiger partial charge is 0.235 e. The molecule has 4 heterocycles. The van der Waals surface area contributed by atoms with E-state index in [9.17, 15) is 0 Å². The van der Waals surface area contributed by atoms with Crippen molar-refractivity contribution in [1.82, 2.24) is 18.9 Å². The average molecular weight is 685 g/mol. The van der Waals surface area contributed by atoms with Crippen molar-refractivity contribution in [3.8, 4) is 17.2 Å². The van der Waals surface area contributed by atoms with Gasteiger partial charge in [-0.2, -0.15) is 0 Å². The molecule has 0 amide bonds. The fourth-order valence-corrected chi connectivity index (χ4v) is 9.59. The van der Waals surface area contributed by atoms with Gasteiger partial charge in [0.25, 0.3) is 0 Å². The van der Waals surface area contributed by atoms with Gasteiger partial charge in [-0.1, -0.05) is 146 Å². The molecule has 4 aromatic heterocycles. The summed E-state index contributed by atoms with van der Waals surface area (Å²) < 4.78 is 4.91. The molecule has 54 heavy (non-hydrogen) atoms. The maximum absolute atomic E-state index is 5.65. The molecule has 0 radical (unpaired) electrons. The zero-order valence-electron chi connectivity index (χ0n) is 29.0. The van der Waals surface area contributed by atoms with Crippen LogP contribution in [0.5, 0.6) is 0 Å². The summed E-state index contributed by atoms with van der Waals surface area (Å²) in [5.74, 6) is 0.664. The summed E-state index contributed by atoms with van der Waals surface area (Å²) in [5.41, 5.74) is 8.79. The van der Waals surface area contributed by atoms with Crippen molar-refractivity contribution in [2.75, 3.05) is 0 Å². The van der Waals surface area contributed by atoms with Crippen LogP contribution in [-0.4, -0.2) is 18.9 Å². The van der Waals surface area contributed by atoms with Crippen LogP contribution >= 0.6 is 0 Å². The summed E-state index contributed by atoms with van der Waals surface area (Å²) in [7, 11) is 0. The molecule has 0 atom stereocenters. The van der Waals surface area contributed by atoms with E-state index in [-0.39, 0.29) is 0 Å². The van der Waals surface area contributed by atoms with Crippen LogP contribution in [0.4, 0.5) is 0 Å². The minimum atomic E-state index is 0.664. The lowest BCUT2D eigenvalue weighted by Crippen LogP contribution is -2.04. The summed E-state index contributed by atoms with van der Waals surface area (Å²) in [6.07, 6.45) is 0. The molecular weight excluding hydrogens is 657 g/mol. The number of benzene rings is 9. The van der Waals surface area contributed by atoms with Crippen molar-refractivity contribution in [3.63, 3.8) is 0 Å². The Labute approximate surface area is 308 Å². The Kier molecular flexibility index (Phi) is 5.34. The van der Waals surface area contributed by atoms with Crippen LogP contribution in [0.3, 0.4) is 0 Å². The van der Waals surface area contributed by atoms with Crippen LogP contribution < -0.4 is 0 Å². The standard InChI is InChI=1S/C50H28N4/c1-2-14-30(15-3-1)46-43-33-18-7-4-13-29(33)25-26-40(43)51-50(52-46)54-48-34-19-8-5-16-31(34)27-39-38-23-12-22-37-36-21-10-11-24-41(36)53(47(37)38)42-28-32-17-6-9-20-35(32)49(54)45(42)44(39)48/h1-28H. The quantitative estimate of drug-likeness (QED) is 0.170. The Bertz CT molecular complexity index is 3720. The minimum Gasteiger partial charge on any atom is -0.308 e. The zero-order chi connectivity index (χ0) is 35.1. The maximum atomic E-state index is 5.65. The lowest BCUT2D eigenvalue weighted by molar-refractivity contribution is 1.02. The number of fused-ring (bicyclic) bond motifs is 12. The molecule has 0 aliphatic heterocycles. The predicted octanol–water partition coefficient (Wildman–Crippen LogP) is 13.0. The SMILES string of the molecule is c1ccc(-c2nc(-n3c4c5ccccc5cc5c6cccc7c8ccccc8n(c8cc9ccccc9c3c8c54)c67)nc3ccc4ccccc4c23)cc1. The molecule has 13 rings (SSSR count). The molecule has 248 valence electrons. The van der Waals surface area contributed by atoms with Crippen LogP contribution in [-0.2, 0) is 0 Å². The lowest BCUT2D eigenvalue weighted by atomic mass is 9.98. The number of hydrogen-bond acceptors (Lipinski definition) is 2. The predicted molar refractivity (Wildman–Crippen MR) is 226 cm³/mol. The third-order valence-corrected chi connectivity index (χ3v) is 11.8. The first-order valence-corrected chi connectivity index (χ1v) is 18.5. The molecule has 0 bridgehead atoms. The van der Waals surface area contributed by atoms with Gasteiger partial charge >= 0.3 is 0 Å². The molecular formula is C50H28N4. The molecule has 13 aromatic rings. The van der Waals surface area contributed by atoms with E-state index < -0.39 is 0 Å². The highest BCUT2D eigenvalue weighted by molar-refractivity contribution is 6.38. The van der Waals surface area contributed by atoms with Gasteiger partial charge in [0.1, 0.15) is 0 Å². The van der Waals surface area contributed by atoms with Crippen LogP contribution in [0.25, 0.3) is 120 Å². The van der Waals surface area contributed by atoms with Crippen molar-refractivity contribution in [1.29, 1.82) is 0 Å². The molecule has 9 aromatic carbocycles. The first-order chi connectivity index (χ1) is 26.8. The molecule has 0 spiro atoms. The minimum absolute atomic E-state index is 0.664. The first kappa shape index (κ1) is 28.3. The molecule has 0 aliphatic carbocycles. The van der Waals surface area contributed by atoms with Crippen LogP contribution in [0.1, 0.15) is 0 Å². The fourth-order valence-electron chi connectivity index (χ4n) is 9.59. The summed E-state index contributed by atoms with van der Waals surface area (Å²) in [5, 5.41) is 15.5. The Morgan fingerprint density at radius 2 is 0.963 bits per heavy atom. The molecule has 0 aliphatic rings. The summed E-state index contributed by atoms with van der Waals surface area (Å²) in [4.78, 5) is 11.2. The van der Waals surface area contributed by atoms with Gasteiger partial charge in [-0.15, -0.1) is 0 Å². The highest BCUT2D eigenvalue weighted by atomic mass is 15.2. The zero-order valence-corrected chi connectivity index (χ0v) is 29.0. The first-order valence-electron chi connectivity index (χ1n) is 18.5. The van der Waals surface area contributed by atoms with E-state index in [1.165, 1.54) is 75.8 Å². The van der Waals surface area contributed by atoms with Gasteiger partial charge in [0.05, 0.1) is 38.8 Å². The Hall–Kier alpha value is -7.30. The van der Waals surface area contributed by atoms with Gasteiger partial charge in [-0.3, -0.25) is 4.57 Å². The Morgan fingerprint density at radius 3 is 1.76 bits per heavy atom. The lowest BCUT2D eigenvalue weighted by Gasteiger charge is -2.15. The van der Waals surface area contributed by atoms with Crippen molar-refractivity contribution in [2.45, 2.75) is 0 Å². The van der Waals surface area contributed by atoms with Crippen molar-refractivity contribution >= 4 is 103 Å². The van der Waals surface area contributed by atoms with Gasteiger partial charge in [-0.25, -0.2) is 9.97 Å². The van der Waals surface area contributed by atoms with Crippen LogP contribution in [0.15, 0.2) is 170 Å². The van der Waals surface area contributed by atoms with E-state index >= 15 is 0 Å². The topological polar surface area (TPSA) is 35.1 Å². The largest absolute Gasteiger partial charge is 0.308 e. The number of nitrogens with zero attached hydrogens (tertiary/aromatic N) is 4. The van der Waals surface area contributed by atoms with Crippen LogP contribution in [0, 0.1) is 0 Å². The third kappa shape index (κ3) is 3.52. The monoisotopic (exact) mass is 684 g/mol. The molecule has 0 N–H and O–H groups in total. The van der Waals surface area contributed by atoms with Gasteiger partial charge in [0, 0.05) is 48.7 Å². The maximum Gasteiger partial charge on any atom is 0.235 e.